The van der Waals surface area contributed by atoms with E-state index < -0.39 is 0 Å². The molecular formula is C16H24N4O. The van der Waals surface area contributed by atoms with Crippen LogP contribution in [-0.4, -0.2) is 36.9 Å². The molecule has 5 heteroatoms. The van der Waals surface area contributed by atoms with Crippen molar-refractivity contribution in [3.63, 3.8) is 0 Å². The molecule has 21 heavy (non-hydrogen) atoms. The van der Waals surface area contributed by atoms with Gasteiger partial charge in [0.05, 0.1) is 6.54 Å². The van der Waals surface area contributed by atoms with Crippen LogP contribution in [0.4, 0.5) is 0 Å². The average Bonchev–Trinajstić information content (AvgIpc) is 2.52. The first kappa shape index (κ1) is 15.4. The first-order valence-electron chi connectivity index (χ1n) is 7.46. The lowest BCUT2D eigenvalue weighted by Gasteiger charge is -2.31. The second kappa shape index (κ2) is 7.11. The van der Waals surface area contributed by atoms with Crippen molar-refractivity contribution in [3.8, 4) is 0 Å². The Morgan fingerprint density at radius 2 is 2.33 bits per heavy atom. The molecule has 1 amide bonds. The van der Waals surface area contributed by atoms with Crippen LogP contribution in [0.1, 0.15) is 35.7 Å². The van der Waals surface area contributed by atoms with Crippen LogP contribution in [0.25, 0.3) is 0 Å². The minimum absolute atomic E-state index is 0.0846. The Kier molecular flexibility index (Phi) is 5.20. The van der Waals surface area contributed by atoms with Crippen molar-refractivity contribution in [1.82, 2.24) is 10.2 Å². The predicted molar refractivity (Wildman–Crippen MR) is 85.1 cm³/mol. The molecular weight excluding hydrogens is 264 g/mol. The van der Waals surface area contributed by atoms with Crippen LogP contribution in [0.15, 0.2) is 29.3 Å². The number of nitrogens with two attached hydrogens (primary N) is 1. The summed E-state index contributed by atoms with van der Waals surface area (Å²) in [5.41, 5.74) is 7.72. The van der Waals surface area contributed by atoms with Gasteiger partial charge in [0.25, 0.3) is 5.91 Å². The van der Waals surface area contributed by atoms with Crippen LogP contribution in [0.5, 0.6) is 0 Å². The SMILES string of the molecule is CNC(=O)c1cccc(CN=C(N)N2CCCC(C)C2)c1. The van der Waals surface area contributed by atoms with E-state index in [-0.39, 0.29) is 5.91 Å². The topological polar surface area (TPSA) is 70.7 Å². The van der Waals surface area contributed by atoms with Crippen LogP contribution < -0.4 is 11.1 Å². The highest BCUT2D eigenvalue weighted by atomic mass is 16.1. The number of carbonyl (C=O) groups is 1. The number of amides is 1. The zero-order chi connectivity index (χ0) is 15.2. The summed E-state index contributed by atoms with van der Waals surface area (Å²) in [6.45, 7) is 4.71. The molecule has 2 rings (SSSR count). The third-order valence-corrected chi connectivity index (χ3v) is 3.82. The monoisotopic (exact) mass is 288 g/mol. The number of likely N-dealkylation sites (tertiary alicyclic amines) is 1. The Labute approximate surface area is 126 Å². The van der Waals surface area contributed by atoms with Gasteiger partial charge in [-0.05, 0) is 36.5 Å². The maximum atomic E-state index is 11.6. The van der Waals surface area contributed by atoms with Gasteiger partial charge in [0.15, 0.2) is 5.96 Å². The molecule has 1 aromatic carbocycles. The standard InChI is InChI=1S/C16H24N4O/c1-12-5-4-8-20(11-12)16(17)19-10-13-6-3-7-14(9-13)15(21)18-2/h3,6-7,9,12H,4-5,8,10-11H2,1-2H3,(H2,17,19)(H,18,21). The number of hydrogen-bond acceptors (Lipinski definition) is 2. The van der Waals surface area contributed by atoms with Gasteiger partial charge < -0.3 is 16.0 Å². The van der Waals surface area contributed by atoms with Gasteiger partial charge >= 0.3 is 0 Å². The van der Waals surface area contributed by atoms with Crippen molar-refractivity contribution in [2.24, 2.45) is 16.6 Å². The molecule has 0 bridgehead atoms. The lowest BCUT2D eigenvalue weighted by Crippen LogP contribution is -2.43. The van der Waals surface area contributed by atoms with Gasteiger partial charge in [0.1, 0.15) is 0 Å². The molecule has 5 nitrogen and oxygen atoms in total. The van der Waals surface area contributed by atoms with Gasteiger partial charge in [-0.15, -0.1) is 0 Å². The van der Waals surface area contributed by atoms with E-state index in [1.807, 2.05) is 18.2 Å². The fourth-order valence-electron chi connectivity index (χ4n) is 2.63. The third kappa shape index (κ3) is 4.21. The van der Waals surface area contributed by atoms with Crippen LogP contribution >= 0.6 is 0 Å². The van der Waals surface area contributed by atoms with Gasteiger partial charge in [-0.1, -0.05) is 19.1 Å². The molecule has 0 aromatic heterocycles. The molecule has 0 aliphatic carbocycles. The zero-order valence-corrected chi connectivity index (χ0v) is 12.8. The molecule has 1 aliphatic heterocycles. The number of nitrogens with one attached hydrogen (secondary N) is 1. The number of hydrogen-bond donors (Lipinski definition) is 2. The molecule has 0 spiro atoms. The zero-order valence-electron chi connectivity index (χ0n) is 12.8. The van der Waals surface area contributed by atoms with Crippen LogP contribution in [0.2, 0.25) is 0 Å². The molecule has 3 N–H and O–H groups in total. The second-order valence-electron chi connectivity index (χ2n) is 5.65. The van der Waals surface area contributed by atoms with Gasteiger partial charge in [-0.3, -0.25) is 4.79 Å². The Morgan fingerprint density at radius 3 is 3.05 bits per heavy atom. The molecule has 1 aromatic rings. The van der Waals surface area contributed by atoms with E-state index >= 15 is 0 Å². The maximum Gasteiger partial charge on any atom is 0.251 e. The Balaban J connectivity index is 2.01. The lowest BCUT2D eigenvalue weighted by molar-refractivity contribution is 0.0963. The Hall–Kier alpha value is -2.04. The summed E-state index contributed by atoms with van der Waals surface area (Å²) in [4.78, 5) is 18.2. The summed E-state index contributed by atoms with van der Waals surface area (Å²) in [6, 6.07) is 7.48. The first-order chi connectivity index (χ1) is 10.1. The number of carbonyl (C=O) groups excluding carboxylic acids is 1. The van der Waals surface area contributed by atoms with E-state index in [2.05, 4.69) is 22.1 Å². The van der Waals surface area contributed by atoms with Gasteiger partial charge in [0.2, 0.25) is 0 Å². The maximum absolute atomic E-state index is 11.6. The highest BCUT2D eigenvalue weighted by Crippen LogP contribution is 2.15. The fourth-order valence-corrected chi connectivity index (χ4v) is 2.63. The second-order valence-corrected chi connectivity index (χ2v) is 5.65. The van der Waals surface area contributed by atoms with Gasteiger partial charge in [-0.25, -0.2) is 4.99 Å². The van der Waals surface area contributed by atoms with E-state index in [1.54, 1.807) is 13.1 Å². The number of piperidine rings is 1. The van der Waals surface area contributed by atoms with E-state index in [9.17, 15) is 4.79 Å². The summed E-state index contributed by atoms with van der Waals surface area (Å²) in [5.74, 6) is 1.19. The number of rotatable bonds is 3. The van der Waals surface area contributed by atoms with Crippen LogP contribution in [0, 0.1) is 5.92 Å². The minimum Gasteiger partial charge on any atom is -0.370 e. The molecule has 1 aliphatic rings. The van der Waals surface area contributed by atoms with Crippen molar-refractivity contribution in [2.45, 2.75) is 26.3 Å². The minimum atomic E-state index is -0.0846. The largest absolute Gasteiger partial charge is 0.370 e. The number of nitrogens with zero attached hydrogens (tertiary/aromatic N) is 2. The third-order valence-electron chi connectivity index (χ3n) is 3.82. The van der Waals surface area contributed by atoms with Crippen molar-refractivity contribution < 1.29 is 4.79 Å². The molecule has 0 saturated carbocycles. The first-order valence-corrected chi connectivity index (χ1v) is 7.46. The summed E-state index contributed by atoms with van der Waals surface area (Å²) >= 11 is 0. The van der Waals surface area contributed by atoms with Gasteiger partial charge in [0, 0.05) is 25.7 Å². The Bertz CT molecular complexity index is 527. The van der Waals surface area contributed by atoms with E-state index in [0.29, 0.717) is 24.0 Å². The predicted octanol–water partition coefficient (Wildman–Crippen LogP) is 1.59. The molecule has 1 unspecified atom stereocenters. The van der Waals surface area contributed by atoms with Gasteiger partial charge in [-0.2, -0.15) is 0 Å². The van der Waals surface area contributed by atoms with Crippen molar-refractivity contribution in [1.29, 1.82) is 0 Å². The van der Waals surface area contributed by atoms with Crippen molar-refractivity contribution in [3.05, 3.63) is 35.4 Å². The van der Waals surface area contributed by atoms with Crippen LogP contribution in [0.3, 0.4) is 0 Å². The van der Waals surface area contributed by atoms with E-state index in [1.165, 1.54) is 12.8 Å². The van der Waals surface area contributed by atoms with Crippen molar-refractivity contribution >= 4 is 11.9 Å². The number of aliphatic imine (C=N–C) groups is 1. The molecule has 0 radical (unpaired) electrons. The lowest BCUT2D eigenvalue weighted by atomic mass is 10.0. The van der Waals surface area contributed by atoms with E-state index in [0.717, 1.165) is 18.7 Å². The molecule has 1 heterocycles. The number of benzene rings is 1. The van der Waals surface area contributed by atoms with Crippen LogP contribution in [-0.2, 0) is 6.54 Å². The smallest absolute Gasteiger partial charge is 0.251 e. The quantitative estimate of drug-likeness (QED) is 0.655. The molecule has 1 saturated heterocycles. The molecule has 114 valence electrons. The normalized spacial score (nSPS) is 19.4. The summed E-state index contributed by atoms with van der Waals surface area (Å²) < 4.78 is 0. The van der Waals surface area contributed by atoms with Crippen molar-refractivity contribution in [2.75, 3.05) is 20.1 Å². The highest BCUT2D eigenvalue weighted by molar-refractivity contribution is 5.94. The average molecular weight is 288 g/mol. The van der Waals surface area contributed by atoms with E-state index in [4.69, 9.17) is 5.73 Å². The fraction of sp³-hybridized carbons (Fsp3) is 0.500. The highest BCUT2D eigenvalue weighted by Gasteiger charge is 2.17. The summed E-state index contributed by atoms with van der Waals surface area (Å²) in [6.07, 6.45) is 2.43. The molecule has 1 atom stereocenters. The molecule has 1 fully saturated rings. The summed E-state index contributed by atoms with van der Waals surface area (Å²) in [5, 5.41) is 2.62. The Morgan fingerprint density at radius 1 is 1.52 bits per heavy atom. The number of guanidine groups is 1. The summed E-state index contributed by atoms with van der Waals surface area (Å²) in [7, 11) is 1.63.